The van der Waals surface area contributed by atoms with Crippen molar-refractivity contribution in [3.63, 3.8) is 0 Å². The SMILES string of the molecule is COC(=O)c1cccnc1NCc1ccc(Br)cc1. The monoisotopic (exact) mass is 320 g/mol. The number of hydrogen-bond acceptors (Lipinski definition) is 4. The standard InChI is InChI=1S/C14H13BrN2O2/c1-19-14(18)12-3-2-8-16-13(12)17-9-10-4-6-11(15)7-5-10/h2-8H,9H2,1H3,(H,16,17). The molecule has 5 heteroatoms. The number of esters is 1. The first-order valence-corrected chi connectivity index (χ1v) is 6.51. The summed E-state index contributed by atoms with van der Waals surface area (Å²) in [4.78, 5) is 15.7. The lowest BCUT2D eigenvalue weighted by Crippen LogP contribution is -2.09. The summed E-state index contributed by atoms with van der Waals surface area (Å²) in [6, 6.07) is 11.3. The number of nitrogens with zero attached hydrogens (tertiary/aromatic N) is 1. The molecule has 0 saturated carbocycles. The van der Waals surface area contributed by atoms with E-state index < -0.39 is 5.97 Å². The van der Waals surface area contributed by atoms with Crippen molar-refractivity contribution in [1.29, 1.82) is 0 Å². The van der Waals surface area contributed by atoms with Gasteiger partial charge in [0.1, 0.15) is 11.4 Å². The normalized spacial score (nSPS) is 10.0. The third-order valence-corrected chi connectivity index (χ3v) is 3.11. The minimum Gasteiger partial charge on any atom is -0.465 e. The van der Waals surface area contributed by atoms with Crippen molar-refractivity contribution < 1.29 is 9.53 Å². The molecule has 0 amide bonds. The highest BCUT2D eigenvalue weighted by Gasteiger charge is 2.11. The molecule has 0 atom stereocenters. The largest absolute Gasteiger partial charge is 0.465 e. The van der Waals surface area contributed by atoms with Crippen molar-refractivity contribution in [2.75, 3.05) is 12.4 Å². The molecule has 2 aromatic rings. The van der Waals surface area contributed by atoms with Crippen LogP contribution in [-0.4, -0.2) is 18.1 Å². The van der Waals surface area contributed by atoms with E-state index in [2.05, 4.69) is 26.2 Å². The molecule has 19 heavy (non-hydrogen) atoms. The number of pyridine rings is 1. The number of benzene rings is 1. The molecule has 0 saturated heterocycles. The number of anilines is 1. The van der Waals surface area contributed by atoms with Gasteiger partial charge in [-0.2, -0.15) is 0 Å². The topological polar surface area (TPSA) is 51.2 Å². The minimum atomic E-state index is -0.397. The van der Waals surface area contributed by atoms with Gasteiger partial charge in [0.2, 0.25) is 0 Å². The van der Waals surface area contributed by atoms with Gasteiger partial charge >= 0.3 is 5.97 Å². The zero-order chi connectivity index (χ0) is 13.7. The quantitative estimate of drug-likeness (QED) is 0.879. The molecule has 1 aromatic carbocycles. The van der Waals surface area contributed by atoms with Crippen LogP contribution in [0.1, 0.15) is 15.9 Å². The van der Waals surface area contributed by atoms with Crippen LogP contribution < -0.4 is 5.32 Å². The molecular formula is C14H13BrN2O2. The lowest BCUT2D eigenvalue weighted by Gasteiger charge is -2.09. The lowest BCUT2D eigenvalue weighted by molar-refractivity contribution is 0.0601. The highest BCUT2D eigenvalue weighted by atomic mass is 79.9. The Hall–Kier alpha value is -1.88. The van der Waals surface area contributed by atoms with Gasteiger partial charge in [-0.05, 0) is 29.8 Å². The molecule has 0 aliphatic rings. The van der Waals surface area contributed by atoms with Crippen LogP contribution in [0, 0.1) is 0 Å². The van der Waals surface area contributed by atoms with Gasteiger partial charge in [-0.15, -0.1) is 0 Å². The van der Waals surface area contributed by atoms with Crippen LogP contribution in [-0.2, 0) is 11.3 Å². The summed E-state index contributed by atoms with van der Waals surface area (Å²) in [6.45, 7) is 0.592. The summed E-state index contributed by atoms with van der Waals surface area (Å²) in [6.07, 6.45) is 1.64. The molecule has 1 aromatic heterocycles. The number of ether oxygens (including phenoxy) is 1. The Kier molecular flexibility index (Phi) is 4.52. The summed E-state index contributed by atoms with van der Waals surface area (Å²) in [5.41, 5.74) is 1.53. The Morgan fingerprint density at radius 2 is 2.05 bits per heavy atom. The first kappa shape index (κ1) is 13.5. The highest BCUT2D eigenvalue weighted by Crippen LogP contribution is 2.15. The Morgan fingerprint density at radius 1 is 1.32 bits per heavy atom. The van der Waals surface area contributed by atoms with E-state index in [1.165, 1.54) is 7.11 Å². The number of nitrogens with one attached hydrogen (secondary N) is 1. The number of carbonyl (C=O) groups is 1. The first-order chi connectivity index (χ1) is 9.20. The van der Waals surface area contributed by atoms with Gasteiger partial charge < -0.3 is 10.1 Å². The molecule has 2 rings (SSSR count). The summed E-state index contributed by atoms with van der Waals surface area (Å²) in [5, 5.41) is 3.14. The molecule has 0 radical (unpaired) electrons. The molecular weight excluding hydrogens is 308 g/mol. The fourth-order valence-corrected chi connectivity index (χ4v) is 1.87. The van der Waals surface area contributed by atoms with Crippen molar-refractivity contribution in [1.82, 2.24) is 4.98 Å². The molecule has 98 valence electrons. The van der Waals surface area contributed by atoms with Crippen molar-refractivity contribution >= 4 is 27.7 Å². The van der Waals surface area contributed by atoms with Crippen LogP contribution in [0.15, 0.2) is 47.1 Å². The van der Waals surface area contributed by atoms with E-state index in [-0.39, 0.29) is 0 Å². The number of halogens is 1. The second-order valence-corrected chi connectivity index (χ2v) is 4.79. The molecule has 0 fully saturated rings. The number of rotatable bonds is 4. The van der Waals surface area contributed by atoms with E-state index in [1.54, 1.807) is 18.3 Å². The van der Waals surface area contributed by atoms with Crippen LogP contribution >= 0.6 is 15.9 Å². The highest BCUT2D eigenvalue weighted by molar-refractivity contribution is 9.10. The maximum atomic E-state index is 11.6. The van der Waals surface area contributed by atoms with E-state index in [1.807, 2.05) is 24.3 Å². The number of aromatic nitrogens is 1. The Labute approximate surface area is 119 Å². The summed E-state index contributed by atoms with van der Waals surface area (Å²) in [7, 11) is 1.35. The van der Waals surface area contributed by atoms with Crippen molar-refractivity contribution in [2.24, 2.45) is 0 Å². The van der Waals surface area contributed by atoms with Gasteiger partial charge in [-0.1, -0.05) is 28.1 Å². The molecule has 0 aliphatic heterocycles. The van der Waals surface area contributed by atoms with Gasteiger partial charge in [0.05, 0.1) is 7.11 Å². The van der Waals surface area contributed by atoms with Crippen molar-refractivity contribution in [3.05, 3.63) is 58.2 Å². The van der Waals surface area contributed by atoms with Gasteiger partial charge in [-0.25, -0.2) is 9.78 Å². The smallest absolute Gasteiger partial charge is 0.341 e. The number of carbonyl (C=O) groups excluding carboxylic acids is 1. The summed E-state index contributed by atoms with van der Waals surface area (Å²) >= 11 is 3.39. The zero-order valence-corrected chi connectivity index (χ0v) is 12.0. The Bertz CT molecular complexity index is 570. The van der Waals surface area contributed by atoms with Gasteiger partial charge in [0.15, 0.2) is 0 Å². The Balaban J connectivity index is 2.11. The van der Waals surface area contributed by atoms with Crippen molar-refractivity contribution in [2.45, 2.75) is 6.54 Å². The summed E-state index contributed by atoms with van der Waals surface area (Å²) in [5.74, 6) is 0.128. The van der Waals surface area contributed by atoms with Crippen LogP contribution in [0.25, 0.3) is 0 Å². The third kappa shape index (κ3) is 3.54. The Morgan fingerprint density at radius 3 is 2.74 bits per heavy atom. The zero-order valence-electron chi connectivity index (χ0n) is 10.4. The predicted octanol–water partition coefficient (Wildman–Crippen LogP) is 3.24. The molecule has 0 bridgehead atoms. The van der Waals surface area contributed by atoms with Gasteiger partial charge in [-0.3, -0.25) is 0 Å². The molecule has 0 unspecified atom stereocenters. The fourth-order valence-electron chi connectivity index (χ4n) is 1.61. The summed E-state index contributed by atoms with van der Waals surface area (Å²) < 4.78 is 5.75. The molecule has 4 nitrogen and oxygen atoms in total. The van der Waals surface area contributed by atoms with E-state index in [4.69, 9.17) is 4.74 Å². The molecule has 1 heterocycles. The second-order valence-electron chi connectivity index (χ2n) is 3.87. The molecule has 0 spiro atoms. The van der Waals surface area contributed by atoms with E-state index in [0.29, 0.717) is 17.9 Å². The fraction of sp³-hybridized carbons (Fsp3) is 0.143. The van der Waals surface area contributed by atoms with Gasteiger partial charge in [0.25, 0.3) is 0 Å². The van der Waals surface area contributed by atoms with E-state index >= 15 is 0 Å². The van der Waals surface area contributed by atoms with E-state index in [9.17, 15) is 4.79 Å². The average Bonchev–Trinajstić information content (AvgIpc) is 2.46. The second kappa shape index (κ2) is 6.33. The molecule has 1 N–H and O–H groups in total. The maximum Gasteiger partial charge on any atom is 0.341 e. The minimum absolute atomic E-state index is 0.397. The van der Waals surface area contributed by atoms with Crippen LogP contribution in [0.2, 0.25) is 0 Å². The third-order valence-electron chi connectivity index (χ3n) is 2.59. The van der Waals surface area contributed by atoms with Gasteiger partial charge in [0, 0.05) is 17.2 Å². The predicted molar refractivity (Wildman–Crippen MR) is 77.0 cm³/mol. The first-order valence-electron chi connectivity index (χ1n) is 5.72. The van der Waals surface area contributed by atoms with Crippen molar-refractivity contribution in [3.8, 4) is 0 Å². The average molecular weight is 321 g/mol. The molecule has 0 aliphatic carbocycles. The van der Waals surface area contributed by atoms with Crippen LogP contribution in [0.3, 0.4) is 0 Å². The van der Waals surface area contributed by atoms with Crippen LogP contribution in [0.4, 0.5) is 5.82 Å². The van der Waals surface area contributed by atoms with E-state index in [0.717, 1.165) is 10.0 Å². The maximum absolute atomic E-state index is 11.6. The number of methoxy groups -OCH3 is 1. The lowest BCUT2D eigenvalue weighted by atomic mass is 10.2. The number of hydrogen-bond donors (Lipinski definition) is 1. The van der Waals surface area contributed by atoms with Crippen LogP contribution in [0.5, 0.6) is 0 Å².